The summed E-state index contributed by atoms with van der Waals surface area (Å²) in [5.74, 6) is 0.937. The van der Waals surface area contributed by atoms with Crippen LogP contribution in [0.2, 0.25) is 0 Å². The highest BCUT2D eigenvalue weighted by atomic mass is 32.2. The first-order chi connectivity index (χ1) is 12.7. The lowest BCUT2D eigenvalue weighted by Gasteiger charge is -2.15. The van der Waals surface area contributed by atoms with Gasteiger partial charge in [0.25, 0.3) is 0 Å². The second-order valence-electron chi connectivity index (χ2n) is 6.20. The van der Waals surface area contributed by atoms with E-state index in [1.54, 1.807) is 17.8 Å². The molecule has 0 aromatic heterocycles. The van der Waals surface area contributed by atoms with Crippen LogP contribution >= 0.6 is 11.8 Å². The molecule has 0 radical (unpaired) electrons. The van der Waals surface area contributed by atoms with Crippen LogP contribution in [0.15, 0.2) is 54.6 Å². The van der Waals surface area contributed by atoms with Gasteiger partial charge in [-0.25, -0.2) is 0 Å². The molecule has 1 saturated heterocycles. The van der Waals surface area contributed by atoms with Crippen molar-refractivity contribution in [3.8, 4) is 0 Å². The fourth-order valence-electron chi connectivity index (χ4n) is 2.95. The molecule has 0 bridgehead atoms. The maximum atomic E-state index is 12.1. The summed E-state index contributed by atoms with van der Waals surface area (Å²) in [6.45, 7) is 0.784. The van der Waals surface area contributed by atoms with Gasteiger partial charge in [-0.05, 0) is 54.1 Å². The van der Waals surface area contributed by atoms with Crippen molar-refractivity contribution in [2.45, 2.75) is 18.6 Å². The van der Waals surface area contributed by atoms with Crippen LogP contribution in [0.3, 0.4) is 0 Å². The Balaban J connectivity index is 1.59. The molecule has 1 N–H and O–H groups in total. The smallest absolute Gasteiger partial charge is 0.248 e. The van der Waals surface area contributed by atoms with Gasteiger partial charge >= 0.3 is 0 Å². The van der Waals surface area contributed by atoms with Gasteiger partial charge in [0.15, 0.2) is 0 Å². The number of anilines is 2. The summed E-state index contributed by atoms with van der Waals surface area (Å²) in [4.78, 5) is 25.7. The normalized spacial score (nSPS) is 14.2. The van der Waals surface area contributed by atoms with Crippen LogP contribution < -0.4 is 10.2 Å². The highest BCUT2D eigenvalue weighted by Crippen LogP contribution is 2.22. The molecule has 134 valence electrons. The van der Waals surface area contributed by atoms with E-state index in [-0.39, 0.29) is 11.8 Å². The first-order valence-corrected chi connectivity index (χ1v) is 10.0. The topological polar surface area (TPSA) is 49.4 Å². The molecule has 3 rings (SSSR count). The lowest BCUT2D eigenvalue weighted by molar-refractivity contribution is -0.117. The average Bonchev–Trinajstić information content (AvgIpc) is 3.07. The van der Waals surface area contributed by atoms with E-state index in [1.165, 1.54) is 11.6 Å². The van der Waals surface area contributed by atoms with Gasteiger partial charge in [0.1, 0.15) is 0 Å². The Hall–Kier alpha value is -2.53. The van der Waals surface area contributed by atoms with Gasteiger partial charge in [0.2, 0.25) is 11.8 Å². The molecule has 0 atom stereocenters. The van der Waals surface area contributed by atoms with Gasteiger partial charge in [-0.1, -0.05) is 24.3 Å². The average molecular weight is 366 g/mol. The lowest BCUT2D eigenvalue weighted by Crippen LogP contribution is -2.23. The molecule has 0 saturated carbocycles. The van der Waals surface area contributed by atoms with Crippen LogP contribution in [-0.2, 0) is 15.3 Å². The van der Waals surface area contributed by atoms with E-state index in [2.05, 4.69) is 17.6 Å². The number of carbonyl (C=O) groups is 2. The van der Waals surface area contributed by atoms with Crippen molar-refractivity contribution in [1.29, 1.82) is 0 Å². The highest BCUT2D eigenvalue weighted by Gasteiger charge is 2.21. The standard InChI is InChI=1S/C21H22N2O2S/c1-26-15-17-4-2-5-18(14-17)22-20(24)12-9-16-7-10-19(11-8-16)23-13-3-6-21(23)25/h2,4-5,7-12,14H,3,6,13,15H2,1H3,(H,22,24). The lowest BCUT2D eigenvalue weighted by atomic mass is 10.2. The highest BCUT2D eigenvalue weighted by molar-refractivity contribution is 7.97. The Bertz CT molecular complexity index is 815. The van der Waals surface area contributed by atoms with Gasteiger partial charge in [-0.2, -0.15) is 11.8 Å². The van der Waals surface area contributed by atoms with E-state index in [9.17, 15) is 9.59 Å². The third-order valence-electron chi connectivity index (χ3n) is 4.21. The molecule has 5 heteroatoms. The second-order valence-corrected chi connectivity index (χ2v) is 7.06. The summed E-state index contributed by atoms with van der Waals surface area (Å²) in [5.41, 5.74) is 3.83. The van der Waals surface area contributed by atoms with Crippen LogP contribution in [0.5, 0.6) is 0 Å². The van der Waals surface area contributed by atoms with Crippen molar-refractivity contribution in [3.63, 3.8) is 0 Å². The van der Waals surface area contributed by atoms with Gasteiger partial charge < -0.3 is 10.2 Å². The second kappa shape index (κ2) is 8.72. The monoisotopic (exact) mass is 366 g/mol. The van der Waals surface area contributed by atoms with Gasteiger partial charge in [-0.3, -0.25) is 9.59 Å². The summed E-state index contributed by atoms with van der Waals surface area (Å²) in [7, 11) is 0. The predicted molar refractivity (Wildman–Crippen MR) is 109 cm³/mol. The molecule has 0 spiro atoms. The molecular weight excluding hydrogens is 344 g/mol. The summed E-state index contributed by atoms with van der Waals surface area (Å²) in [5, 5.41) is 2.89. The molecule has 1 heterocycles. The third kappa shape index (κ3) is 4.76. The summed E-state index contributed by atoms with van der Waals surface area (Å²) in [6, 6.07) is 15.6. The molecular formula is C21H22N2O2S. The predicted octanol–water partition coefficient (Wildman–Crippen LogP) is 4.33. The Kier molecular flexibility index (Phi) is 6.12. The van der Waals surface area contributed by atoms with Crippen LogP contribution in [0.25, 0.3) is 6.08 Å². The van der Waals surface area contributed by atoms with Crippen LogP contribution in [0, 0.1) is 0 Å². The number of nitrogens with one attached hydrogen (secondary N) is 1. The van der Waals surface area contributed by atoms with Crippen molar-refractivity contribution >= 4 is 41.0 Å². The van der Waals surface area contributed by atoms with E-state index in [0.29, 0.717) is 6.42 Å². The van der Waals surface area contributed by atoms with Crippen molar-refractivity contribution < 1.29 is 9.59 Å². The zero-order valence-electron chi connectivity index (χ0n) is 14.8. The molecule has 2 amide bonds. The molecule has 0 unspecified atom stereocenters. The SMILES string of the molecule is CSCc1cccc(NC(=O)C=Cc2ccc(N3CCCC3=O)cc2)c1. The quantitative estimate of drug-likeness (QED) is 0.774. The van der Waals surface area contributed by atoms with E-state index < -0.39 is 0 Å². The minimum atomic E-state index is -0.162. The number of rotatable bonds is 6. The Labute approximate surface area is 158 Å². The molecule has 2 aromatic rings. The summed E-state index contributed by atoms with van der Waals surface area (Å²) < 4.78 is 0. The van der Waals surface area contributed by atoms with Crippen molar-refractivity contribution in [1.82, 2.24) is 0 Å². The van der Waals surface area contributed by atoms with Gasteiger partial charge in [0, 0.05) is 36.2 Å². The first-order valence-electron chi connectivity index (χ1n) is 8.63. The van der Waals surface area contributed by atoms with Crippen LogP contribution in [0.1, 0.15) is 24.0 Å². The zero-order valence-corrected chi connectivity index (χ0v) is 15.6. The maximum Gasteiger partial charge on any atom is 0.248 e. The fraction of sp³-hybridized carbons (Fsp3) is 0.238. The molecule has 1 fully saturated rings. The van der Waals surface area contributed by atoms with Crippen molar-refractivity contribution in [2.75, 3.05) is 23.0 Å². The molecule has 1 aliphatic heterocycles. The molecule has 1 aliphatic rings. The van der Waals surface area contributed by atoms with E-state index in [0.717, 1.165) is 35.7 Å². The van der Waals surface area contributed by atoms with E-state index >= 15 is 0 Å². The maximum absolute atomic E-state index is 12.1. The molecule has 26 heavy (non-hydrogen) atoms. The minimum absolute atomic E-state index is 0.162. The Morgan fingerprint density at radius 1 is 1.23 bits per heavy atom. The van der Waals surface area contributed by atoms with Crippen molar-refractivity contribution in [3.05, 3.63) is 65.7 Å². The number of carbonyl (C=O) groups excluding carboxylic acids is 2. The van der Waals surface area contributed by atoms with Crippen molar-refractivity contribution in [2.24, 2.45) is 0 Å². The number of benzene rings is 2. The van der Waals surface area contributed by atoms with Gasteiger partial charge in [-0.15, -0.1) is 0 Å². The van der Waals surface area contributed by atoms with Gasteiger partial charge in [0.05, 0.1) is 0 Å². The Morgan fingerprint density at radius 2 is 2.04 bits per heavy atom. The zero-order chi connectivity index (χ0) is 18.4. The number of nitrogens with zero attached hydrogens (tertiary/aromatic N) is 1. The number of thioether (sulfide) groups is 1. The fourth-order valence-corrected chi connectivity index (χ4v) is 3.46. The summed E-state index contributed by atoms with van der Waals surface area (Å²) >= 11 is 1.75. The molecule has 0 aliphatic carbocycles. The largest absolute Gasteiger partial charge is 0.323 e. The molecule has 2 aromatic carbocycles. The van der Waals surface area contributed by atoms with E-state index in [1.807, 2.05) is 47.4 Å². The third-order valence-corrected chi connectivity index (χ3v) is 4.83. The first kappa shape index (κ1) is 18.3. The molecule has 4 nitrogen and oxygen atoms in total. The number of hydrogen-bond acceptors (Lipinski definition) is 3. The summed E-state index contributed by atoms with van der Waals surface area (Å²) in [6.07, 6.45) is 6.89. The van der Waals surface area contributed by atoms with Crippen LogP contribution in [0.4, 0.5) is 11.4 Å². The number of hydrogen-bond donors (Lipinski definition) is 1. The number of amides is 2. The minimum Gasteiger partial charge on any atom is -0.323 e. The van der Waals surface area contributed by atoms with E-state index in [4.69, 9.17) is 0 Å². The van der Waals surface area contributed by atoms with Crippen LogP contribution in [-0.4, -0.2) is 24.6 Å². The Morgan fingerprint density at radius 3 is 2.73 bits per heavy atom.